The lowest BCUT2D eigenvalue weighted by atomic mass is 10.00. The Kier molecular flexibility index (Phi) is 6.31. The largest absolute Gasteiger partial charge is 0.348 e. The SMILES string of the molecule is Cc1ccc(N([C@H](C)C(=O)N[C@H](C)c2ccc(C)cc2C)S(C)(=O)=O)cc1. The Morgan fingerprint density at radius 1 is 0.963 bits per heavy atom. The maximum atomic E-state index is 12.8. The summed E-state index contributed by atoms with van der Waals surface area (Å²) >= 11 is 0. The summed E-state index contributed by atoms with van der Waals surface area (Å²) in [7, 11) is -3.62. The quantitative estimate of drug-likeness (QED) is 0.821. The van der Waals surface area contributed by atoms with Gasteiger partial charge in [-0.15, -0.1) is 0 Å². The van der Waals surface area contributed by atoms with Crippen LogP contribution in [0.2, 0.25) is 0 Å². The van der Waals surface area contributed by atoms with Crippen molar-refractivity contribution in [2.24, 2.45) is 0 Å². The number of benzene rings is 2. The molecule has 1 amide bonds. The molecule has 5 nitrogen and oxygen atoms in total. The van der Waals surface area contributed by atoms with Crippen LogP contribution in [0.25, 0.3) is 0 Å². The van der Waals surface area contributed by atoms with Crippen LogP contribution in [0.4, 0.5) is 5.69 Å². The van der Waals surface area contributed by atoms with E-state index in [1.165, 1.54) is 0 Å². The number of anilines is 1. The Balaban J connectivity index is 2.25. The first-order valence-electron chi connectivity index (χ1n) is 8.94. The second-order valence-corrected chi connectivity index (χ2v) is 9.02. The van der Waals surface area contributed by atoms with E-state index >= 15 is 0 Å². The zero-order valence-corrected chi connectivity index (χ0v) is 17.6. The zero-order valence-electron chi connectivity index (χ0n) is 16.8. The van der Waals surface area contributed by atoms with Crippen LogP contribution in [-0.2, 0) is 14.8 Å². The Morgan fingerprint density at radius 2 is 1.52 bits per heavy atom. The molecule has 0 spiro atoms. The van der Waals surface area contributed by atoms with E-state index in [4.69, 9.17) is 0 Å². The standard InChI is InChI=1S/C21H28N2O3S/c1-14-7-10-19(11-8-14)23(27(6,25)26)18(5)21(24)22-17(4)20-12-9-15(2)13-16(20)3/h7-13,17-18H,1-6H3,(H,22,24)/t17-,18-/m1/s1. The Hall–Kier alpha value is -2.34. The van der Waals surface area contributed by atoms with Gasteiger partial charge in [0.1, 0.15) is 6.04 Å². The van der Waals surface area contributed by atoms with Crippen LogP contribution in [0.5, 0.6) is 0 Å². The average molecular weight is 389 g/mol. The van der Waals surface area contributed by atoms with E-state index in [1.54, 1.807) is 19.1 Å². The van der Waals surface area contributed by atoms with Gasteiger partial charge in [-0.25, -0.2) is 8.42 Å². The van der Waals surface area contributed by atoms with Gasteiger partial charge >= 0.3 is 0 Å². The third-order valence-electron chi connectivity index (χ3n) is 4.63. The zero-order chi connectivity index (χ0) is 20.4. The predicted molar refractivity (Wildman–Crippen MR) is 110 cm³/mol. The highest BCUT2D eigenvalue weighted by atomic mass is 32.2. The maximum absolute atomic E-state index is 12.8. The van der Waals surface area contributed by atoms with Crippen molar-refractivity contribution < 1.29 is 13.2 Å². The molecule has 0 saturated heterocycles. The number of nitrogens with one attached hydrogen (secondary N) is 1. The monoisotopic (exact) mass is 388 g/mol. The average Bonchev–Trinajstić information content (AvgIpc) is 2.55. The van der Waals surface area contributed by atoms with Crippen molar-refractivity contribution in [2.45, 2.75) is 46.7 Å². The minimum Gasteiger partial charge on any atom is -0.348 e. The highest BCUT2D eigenvalue weighted by Crippen LogP contribution is 2.23. The van der Waals surface area contributed by atoms with Crippen molar-refractivity contribution in [3.8, 4) is 0 Å². The van der Waals surface area contributed by atoms with E-state index in [9.17, 15) is 13.2 Å². The van der Waals surface area contributed by atoms with Crippen LogP contribution in [0.3, 0.4) is 0 Å². The second-order valence-electron chi connectivity index (χ2n) is 7.16. The molecule has 0 heterocycles. The van der Waals surface area contributed by atoms with E-state index in [1.807, 2.05) is 52.0 Å². The van der Waals surface area contributed by atoms with E-state index in [-0.39, 0.29) is 11.9 Å². The molecule has 2 aromatic rings. The lowest BCUT2D eigenvalue weighted by molar-refractivity contribution is -0.122. The van der Waals surface area contributed by atoms with Crippen LogP contribution in [-0.4, -0.2) is 26.6 Å². The van der Waals surface area contributed by atoms with Crippen molar-refractivity contribution in [1.29, 1.82) is 0 Å². The summed E-state index contributed by atoms with van der Waals surface area (Å²) in [6.07, 6.45) is 1.12. The number of carbonyl (C=O) groups excluding carboxylic acids is 1. The first-order valence-corrected chi connectivity index (χ1v) is 10.8. The van der Waals surface area contributed by atoms with Gasteiger partial charge in [-0.05, 0) is 57.9 Å². The van der Waals surface area contributed by atoms with E-state index in [0.717, 1.165) is 32.8 Å². The molecule has 0 saturated carbocycles. The van der Waals surface area contributed by atoms with Crippen LogP contribution in [0.15, 0.2) is 42.5 Å². The van der Waals surface area contributed by atoms with Gasteiger partial charge in [0.15, 0.2) is 0 Å². The van der Waals surface area contributed by atoms with E-state index < -0.39 is 16.1 Å². The lowest BCUT2D eigenvalue weighted by Gasteiger charge is -2.29. The number of hydrogen-bond acceptors (Lipinski definition) is 3. The molecule has 0 aliphatic heterocycles. The highest BCUT2D eigenvalue weighted by Gasteiger charge is 2.30. The number of amides is 1. The number of sulfonamides is 1. The summed E-state index contributed by atoms with van der Waals surface area (Å²) in [6, 6.07) is 12.1. The molecule has 1 N–H and O–H groups in total. The molecule has 2 aromatic carbocycles. The predicted octanol–water partition coefficient (Wildman–Crippen LogP) is 3.64. The van der Waals surface area contributed by atoms with Gasteiger partial charge in [0.2, 0.25) is 15.9 Å². The number of rotatable bonds is 6. The third-order valence-corrected chi connectivity index (χ3v) is 5.87. The van der Waals surface area contributed by atoms with Gasteiger partial charge in [0, 0.05) is 0 Å². The summed E-state index contributed by atoms with van der Waals surface area (Å²) in [4.78, 5) is 12.8. The molecule has 0 aliphatic carbocycles. The fourth-order valence-corrected chi connectivity index (χ4v) is 4.40. The molecule has 2 atom stereocenters. The minimum atomic E-state index is -3.62. The first-order chi connectivity index (χ1) is 12.5. The second kappa shape index (κ2) is 8.13. The summed E-state index contributed by atoms with van der Waals surface area (Å²) in [5.41, 5.74) is 4.76. The number of nitrogens with zero attached hydrogens (tertiary/aromatic N) is 1. The Morgan fingerprint density at radius 3 is 2.04 bits per heavy atom. The van der Waals surface area contributed by atoms with Gasteiger partial charge in [-0.3, -0.25) is 9.10 Å². The fourth-order valence-electron chi connectivity index (χ4n) is 3.22. The molecule has 6 heteroatoms. The van der Waals surface area contributed by atoms with Crippen molar-refractivity contribution in [3.63, 3.8) is 0 Å². The van der Waals surface area contributed by atoms with Crippen LogP contribution >= 0.6 is 0 Å². The highest BCUT2D eigenvalue weighted by molar-refractivity contribution is 7.92. The number of aryl methyl sites for hydroxylation is 3. The first kappa shape index (κ1) is 21.0. The maximum Gasteiger partial charge on any atom is 0.244 e. The van der Waals surface area contributed by atoms with E-state index in [2.05, 4.69) is 11.4 Å². The van der Waals surface area contributed by atoms with Gasteiger partial charge in [-0.1, -0.05) is 41.5 Å². The fraction of sp³-hybridized carbons (Fsp3) is 0.381. The van der Waals surface area contributed by atoms with Crippen LogP contribution in [0.1, 0.15) is 42.1 Å². The van der Waals surface area contributed by atoms with Crippen LogP contribution in [0, 0.1) is 20.8 Å². The molecule has 0 aliphatic rings. The van der Waals surface area contributed by atoms with Crippen molar-refractivity contribution in [2.75, 3.05) is 10.6 Å². The smallest absolute Gasteiger partial charge is 0.244 e. The summed E-state index contributed by atoms with van der Waals surface area (Å²) in [5.74, 6) is -0.339. The van der Waals surface area contributed by atoms with E-state index in [0.29, 0.717) is 5.69 Å². The summed E-state index contributed by atoms with van der Waals surface area (Å²) < 4.78 is 25.9. The molecule has 0 radical (unpaired) electrons. The lowest BCUT2D eigenvalue weighted by Crippen LogP contribution is -2.48. The molecular formula is C21H28N2O3S. The molecule has 0 bridgehead atoms. The molecule has 2 rings (SSSR count). The Bertz CT molecular complexity index is 921. The molecule has 146 valence electrons. The normalized spacial score (nSPS) is 13.7. The topological polar surface area (TPSA) is 66.5 Å². The minimum absolute atomic E-state index is 0.222. The van der Waals surface area contributed by atoms with Gasteiger partial charge < -0.3 is 5.32 Å². The van der Waals surface area contributed by atoms with Crippen LogP contribution < -0.4 is 9.62 Å². The molecule has 0 fully saturated rings. The third kappa shape index (κ3) is 5.10. The van der Waals surface area contributed by atoms with Crippen molar-refractivity contribution in [3.05, 3.63) is 64.7 Å². The number of hydrogen-bond donors (Lipinski definition) is 1. The molecule has 0 aromatic heterocycles. The molecule has 0 unspecified atom stereocenters. The van der Waals surface area contributed by atoms with Crippen molar-refractivity contribution >= 4 is 21.6 Å². The van der Waals surface area contributed by atoms with Crippen molar-refractivity contribution in [1.82, 2.24) is 5.32 Å². The summed E-state index contributed by atoms with van der Waals surface area (Å²) in [6.45, 7) is 9.46. The van der Waals surface area contributed by atoms with Gasteiger partial charge in [-0.2, -0.15) is 0 Å². The van der Waals surface area contributed by atoms with Gasteiger partial charge in [0.05, 0.1) is 18.0 Å². The van der Waals surface area contributed by atoms with Gasteiger partial charge in [0.25, 0.3) is 0 Å². The molecular weight excluding hydrogens is 360 g/mol. The Labute approximate surface area is 162 Å². The summed E-state index contributed by atoms with van der Waals surface area (Å²) in [5, 5.41) is 2.94. The number of carbonyl (C=O) groups is 1. The molecule has 27 heavy (non-hydrogen) atoms.